The second-order valence-electron chi connectivity index (χ2n) is 8.78. The van der Waals surface area contributed by atoms with Gasteiger partial charge in [0, 0.05) is 22.6 Å². The van der Waals surface area contributed by atoms with Crippen molar-refractivity contribution in [3.8, 4) is 6.07 Å². The summed E-state index contributed by atoms with van der Waals surface area (Å²) in [6.45, 7) is 5.69. The molecule has 1 aliphatic heterocycles. The first-order valence-electron chi connectivity index (χ1n) is 11.9. The van der Waals surface area contributed by atoms with Crippen molar-refractivity contribution in [1.82, 2.24) is 5.32 Å². The lowest BCUT2D eigenvalue weighted by Crippen LogP contribution is -2.31. The van der Waals surface area contributed by atoms with E-state index in [0.717, 1.165) is 28.1 Å². The lowest BCUT2D eigenvalue weighted by Gasteiger charge is -2.30. The number of hydrogen-bond donors (Lipinski definition) is 3. The van der Waals surface area contributed by atoms with Gasteiger partial charge in [0.15, 0.2) is 0 Å². The van der Waals surface area contributed by atoms with Gasteiger partial charge in [-0.05, 0) is 49.6 Å². The molecule has 0 fully saturated rings. The van der Waals surface area contributed by atoms with Crippen LogP contribution in [0.2, 0.25) is 0 Å². The number of allylic oxidation sites excluding steroid dienone is 2. The lowest BCUT2D eigenvalue weighted by atomic mass is 9.82. The number of para-hydroxylation sites is 2. The number of thioether (sulfide) groups is 1. The third-order valence-corrected chi connectivity index (χ3v) is 7.20. The van der Waals surface area contributed by atoms with Crippen LogP contribution in [0.5, 0.6) is 0 Å². The summed E-state index contributed by atoms with van der Waals surface area (Å²) < 4.78 is 0. The van der Waals surface area contributed by atoms with Crippen molar-refractivity contribution >= 4 is 35.0 Å². The van der Waals surface area contributed by atoms with Crippen LogP contribution < -0.4 is 16.0 Å². The van der Waals surface area contributed by atoms with Crippen molar-refractivity contribution < 1.29 is 9.59 Å². The number of anilines is 2. The molecule has 2 amide bonds. The van der Waals surface area contributed by atoms with E-state index >= 15 is 0 Å². The minimum Gasteiger partial charge on any atom is -0.353 e. The highest BCUT2D eigenvalue weighted by Crippen LogP contribution is 2.41. The second kappa shape index (κ2) is 11.6. The number of aryl methyl sites for hydroxylation is 2. The number of nitrogens with one attached hydrogen (secondary N) is 3. The van der Waals surface area contributed by atoms with Crippen LogP contribution in [-0.4, -0.2) is 17.6 Å². The van der Waals surface area contributed by atoms with Gasteiger partial charge < -0.3 is 16.0 Å². The Kier molecular flexibility index (Phi) is 8.11. The van der Waals surface area contributed by atoms with E-state index in [1.165, 1.54) is 11.8 Å². The van der Waals surface area contributed by atoms with Gasteiger partial charge in [-0.3, -0.25) is 9.59 Å². The average Bonchev–Trinajstić information content (AvgIpc) is 2.90. The molecule has 0 saturated carbocycles. The maximum atomic E-state index is 13.6. The fraction of sp³-hybridized carbons (Fsp3) is 0.167. The number of carbonyl (C=O) groups excluding carboxylic acids is 2. The van der Waals surface area contributed by atoms with Crippen LogP contribution in [0.4, 0.5) is 11.4 Å². The van der Waals surface area contributed by atoms with Crippen LogP contribution in [0.1, 0.15) is 29.5 Å². The van der Waals surface area contributed by atoms with E-state index in [0.29, 0.717) is 21.9 Å². The first-order chi connectivity index (χ1) is 17.9. The highest BCUT2D eigenvalue weighted by molar-refractivity contribution is 8.03. The molecule has 1 atom stereocenters. The highest BCUT2D eigenvalue weighted by Gasteiger charge is 2.35. The largest absolute Gasteiger partial charge is 0.353 e. The summed E-state index contributed by atoms with van der Waals surface area (Å²) in [6, 6.07) is 27.0. The Morgan fingerprint density at radius 3 is 2.03 bits per heavy atom. The normalized spacial score (nSPS) is 15.0. The first kappa shape index (κ1) is 25.8. The van der Waals surface area contributed by atoms with Crippen molar-refractivity contribution in [2.75, 3.05) is 16.4 Å². The summed E-state index contributed by atoms with van der Waals surface area (Å²) in [5.41, 5.74) is 5.74. The minimum atomic E-state index is -0.571. The molecule has 0 aromatic heterocycles. The van der Waals surface area contributed by atoms with Crippen molar-refractivity contribution in [1.29, 1.82) is 5.26 Å². The zero-order chi connectivity index (χ0) is 26.4. The molecule has 7 heteroatoms. The number of hydrogen-bond acceptors (Lipinski definition) is 5. The Labute approximate surface area is 221 Å². The van der Waals surface area contributed by atoms with Gasteiger partial charge in [0.05, 0.1) is 28.3 Å². The highest BCUT2D eigenvalue weighted by atomic mass is 32.2. The van der Waals surface area contributed by atoms with E-state index in [-0.39, 0.29) is 17.6 Å². The zero-order valence-electron chi connectivity index (χ0n) is 21.0. The molecule has 6 nitrogen and oxygen atoms in total. The maximum Gasteiger partial charge on any atom is 0.254 e. The third-order valence-electron chi connectivity index (χ3n) is 6.19. The van der Waals surface area contributed by atoms with E-state index < -0.39 is 5.92 Å². The average molecular weight is 509 g/mol. The van der Waals surface area contributed by atoms with E-state index in [9.17, 15) is 14.9 Å². The predicted octanol–water partition coefficient (Wildman–Crippen LogP) is 6.01. The minimum absolute atomic E-state index is 0.112. The van der Waals surface area contributed by atoms with Crippen LogP contribution in [0, 0.1) is 25.2 Å². The van der Waals surface area contributed by atoms with E-state index in [2.05, 4.69) is 22.0 Å². The van der Waals surface area contributed by atoms with Gasteiger partial charge in [0.2, 0.25) is 5.91 Å². The molecular weight excluding hydrogens is 480 g/mol. The second-order valence-corrected chi connectivity index (χ2v) is 9.77. The van der Waals surface area contributed by atoms with Crippen LogP contribution in [0.25, 0.3) is 0 Å². The monoisotopic (exact) mass is 508 g/mol. The smallest absolute Gasteiger partial charge is 0.254 e. The molecule has 0 unspecified atom stereocenters. The third kappa shape index (κ3) is 5.93. The summed E-state index contributed by atoms with van der Waals surface area (Å²) in [4.78, 5) is 26.3. The molecule has 0 spiro atoms. The Bertz CT molecular complexity index is 1440. The summed E-state index contributed by atoms with van der Waals surface area (Å²) >= 11 is 1.25. The summed E-state index contributed by atoms with van der Waals surface area (Å²) in [6.07, 6.45) is 0. The van der Waals surface area contributed by atoms with Crippen LogP contribution in [0.3, 0.4) is 0 Å². The Morgan fingerprint density at radius 2 is 1.43 bits per heavy atom. The van der Waals surface area contributed by atoms with Crippen LogP contribution in [-0.2, 0) is 9.59 Å². The molecule has 1 heterocycles. The molecule has 3 aromatic rings. The number of rotatable bonds is 7. The molecule has 0 saturated heterocycles. The summed E-state index contributed by atoms with van der Waals surface area (Å²) in [5.74, 6) is -0.908. The van der Waals surface area contributed by atoms with Crippen molar-refractivity contribution in [3.05, 3.63) is 117 Å². The predicted molar refractivity (Wildman–Crippen MR) is 150 cm³/mol. The molecule has 0 aliphatic carbocycles. The summed E-state index contributed by atoms with van der Waals surface area (Å²) in [5, 5.41) is 20.0. The quantitative estimate of drug-likeness (QED) is 0.363. The zero-order valence-corrected chi connectivity index (χ0v) is 21.8. The number of nitriles is 1. The van der Waals surface area contributed by atoms with Gasteiger partial charge in [-0.25, -0.2) is 0 Å². The molecule has 3 aromatic carbocycles. The van der Waals surface area contributed by atoms with E-state index in [1.54, 1.807) is 0 Å². The number of dihydropyridines is 1. The van der Waals surface area contributed by atoms with Crippen LogP contribution >= 0.6 is 11.8 Å². The first-order valence-corrected chi connectivity index (χ1v) is 12.9. The van der Waals surface area contributed by atoms with Gasteiger partial charge in [-0.15, -0.1) is 0 Å². The number of nitrogens with zero attached hydrogens (tertiary/aromatic N) is 1. The SMILES string of the molecule is CC1=C(C(=O)Nc2ccccc2C)[C@H](c2ccccc2)C(C#N)=C(SCC(=O)Nc2ccccc2C)N1. The van der Waals surface area contributed by atoms with Gasteiger partial charge in [0.25, 0.3) is 5.91 Å². The van der Waals surface area contributed by atoms with Crippen molar-refractivity contribution in [2.45, 2.75) is 26.7 Å². The Morgan fingerprint density at radius 1 is 0.865 bits per heavy atom. The van der Waals surface area contributed by atoms with Gasteiger partial charge in [-0.2, -0.15) is 5.26 Å². The fourth-order valence-electron chi connectivity index (χ4n) is 4.25. The number of benzene rings is 3. The summed E-state index contributed by atoms with van der Waals surface area (Å²) in [7, 11) is 0. The maximum absolute atomic E-state index is 13.6. The Balaban J connectivity index is 1.62. The lowest BCUT2D eigenvalue weighted by molar-refractivity contribution is -0.114. The van der Waals surface area contributed by atoms with Crippen molar-refractivity contribution in [3.63, 3.8) is 0 Å². The number of carbonyl (C=O) groups is 2. The molecule has 186 valence electrons. The molecule has 0 bridgehead atoms. The van der Waals surface area contributed by atoms with Crippen LogP contribution in [0.15, 0.2) is 101 Å². The molecule has 1 aliphatic rings. The molecule has 0 radical (unpaired) electrons. The fourth-order valence-corrected chi connectivity index (χ4v) is 5.14. The van der Waals surface area contributed by atoms with E-state index in [1.807, 2.05) is 99.6 Å². The number of amides is 2. The van der Waals surface area contributed by atoms with Gasteiger partial charge >= 0.3 is 0 Å². The van der Waals surface area contributed by atoms with E-state index in [4.69, 9.17) is 0 Å². The van der Waals surface area contributed by atoms with Gasteiger partial charge in [-0.1, -0.05) is 78.5 Å². The topological polar surface area (TPSA) is 94.0 Å². The molecular formula is C30H28N4O2S. The molecule has 3 N–H and O–H groups in total. The van der Waals surface area contributed by atoms with Gasteiger partial charge in [0.1, 0.15) is 0 Å². The Hall–Kier alpha value is -4.28. The molecule has 37 heavy (non-hydrogen) atoms. The standard InChI is InChI=1S/C30H28N4O2S/c1-19-11-7-9-15-24(19)33-26(35)18-37-30-23(17-31)28(22-13-5-4-6-14-22)27(21(3)32-30)29(36)34-25-16-10-8-12-20(25)2/h4-16,28,32H,18H2,1-3H3,(H,33,35)(H,34,36)/t28-/m1/s1. The van der Waals surface area contributed by atoms with Crippen molar-refractivity contribution in [2.24, 2.45) is 0 Å². The molecule has 4 rings (SSSR count).